The zero-order chi connectivity index (χ0) is 14.4. The Labute approximate surface area is 107 Å². The third kappa shape index (κ3) is 3.36. The molecule has 0 heterocycles. The van der Waals surface area contributed by atoms with E-state index in [0.717, 1.165) is 0 Å². The number of non-ortho nitro benzene ring substituents is 1. The molecule has 0 radical (unpaired) electrons. The van der Waals surface area contributed by atoms with Crippen molar-refractivity contribution in [2.24, 2.45) is 0 Å². The molecule has 0 amide bonds. The summed E-state index contributed by atoms with van der Waals surface area (Å²) < 4.78 is 63.4. The Bertz CT molecular complexity index is 518. The van der Waals surface area contributed by atoms with Crippen molar-refractivity contribution in [3.63, 3.8) is 0 Å². The minimum atomic E-state index is -10.1. The summed E-state index contributed by atoms with van der Waals surface area (Å²) in [6.45, 7) is 0. The molecule has 0 aliphatic heterocycles. The van der Waals surface area contributed by atoms with Crippen LogP contribution in [0, 0.1) is 10.1 Å². The first-order chi connectivity index (χ1) is 7.72. The molecular formula is C7H4Cl2F5NO2S. The van der Waals surface area contributed by atoms with Crippen LogP contribution in [-0.4, -0.2) is 4.92 Å². The minimum Gasteiger partial charge on any atom is -0.258 e. The molecule has 0 fully saturated rings. The predicted molar refractivity (Wildman–Crippen MR) is 58.9 cm³/mol. The van der Waals surface area contributed by atoms with E-state index < -0.39 is 36.1 Å². The van der Waals surface area contributed by atoms with Gasteiger partial charge >= 0.3 is 10.2 Å². The lowest BCUT2D eigenvalue weighted by Crippen LogP contribution is -2.10. The van der Waals surface area contributed by atoms with E-state index in [9.17, 15) is 29.5 Å². The second-order valence-corrected chi connectivity index (χ2v) is 6.72. The number of nitro groups is 1. The van der Waals surface area contributed by atoms with Crippen LogP contribution in [0.5, 0.6) is 0 Å². The van der Waals surface area contributed by atoms with Crippen molar-refractivity contribution in [2.45, 2.75) is 9.73 Å². The van der Waals surface area contributed by atoms with Crippen LogP contribution in [0.25, 0.3) is 0 Å². The Morgan fingerprint density at radius 1 is 1.17 bits per heavy atom. The molecule has 3 nitrogen and oxygen atoms in total. The molecule has 0 spiro atoms. The summed E-state index contributed by atoms with van der Waals surface area (Å²) in [4.78, 5) is 4.75. The summed E-state index contributed by atoms with van der Waals surface area (Å²) in [5, 5.41) is 10.3. The largest absolute Gasteiger partial charge is 0.311 e. The molecule has 1 rings (SSSR count). The molecule has 0 saturated heterocycles. The van der Waals surface area contributed by atoms with Gasteiger partial charge in [0.25, 0.3) is 5.69 Å². The molecule has 0 aliphatic rings. The van der Waals surface area contributed by atoms with E-state index in [1.165, 1.54) is 0 Å². The number of hydrogen-bond acceptors (Lipinski definition) is 2. The normalized spacial score (nSPS) is 16.2. The summed E-state index contributed by atoms with van der Waals surface area (Å²) in [5.74, 6) is 0. The molecular weight excluding hydrogens is 328 g/mol. The van der Waals surface area contributed by atoms with E-state index >= 15 is 0 Å². The standard InChI is InChI=1S/C7H4Cl2F5NO2S/c8-7(9)5-2-1-4(15(16)17)3-6(5)18(10,11,12,13)14/h1-3,7H. The Hall–Kier alpha value is -0.800. The topological polar surface area (TPSA) is 43.1 Å². The number of hydrogen-bond donors (Lipinski definition) is 0. The van der Waals surface area contributed by atoms with Crippen LogP contribution >= 0.6 is 33.4 Å². The summed E-state index contributed by atoms with van der Waals surface area (Å²) in [6.07, 6.45) is 0. The molecule has 0 aromatic heterocycles. The molecule has 1 aromatic rings. The van der Waals surface area contributed by atoms with Gasteiger partial charge in [0, 0.05) is 17.7 Å². The molecule has 104 valence electrons. The van der Waals surface area contributed by atoms with Crippen LogP contribution in [-0.2, 0) is 0 Å². The van der Waals surface area contributed by atoms with Crippen molar-refractivity contribution in [3.05, 3.63) is 33.9 Å². The lowest BCUT2D eigenvalue weighted by Gasteiger charge is -2.41. The van der Waals surface area contributed by atoms with Gasteiger partial charge in [-0.05, 0) is 6.07 Å². The van der Waals surface area contributed by atoms with Crippen LogP contribution in [0.3, 0.4) is 0 Å². The van der Waals surface area contributed by atoms with Crippen molar-refractivity contribution in [2.75, 3.05) is 0 Å². The summed E-state index contributed by atoms with van der Waals surface area (Å²) in [6, 6.07) is 0.796. The van der Waals surface area contributed by atoms with Gasteiger partial charge in [-0.1, -0.05) is 19.4 Å². The van der Waals surface area contributed by atoms with Crippen molar-refractivity contribution in [3.8, 4) is 0 Å². The molecule has 0 saturated carbocycles. The van der Waals surface area contributed by atoms with Gasteiger partial charge in [0.15, 0.2) is 0 Å². The highest BCUT2D eigenvalue weighted by atomic mass is 35.5. The third-order valence-electron chi connectivity index (χ3n) is 1.86. The van der Waals surface area contributed by atoms with E-state index in [-0.39, 0.29) is 6.07 Å². The maximum absolute atomic E-state index is 12.7. The number of nitro benzene ring substituents is 1. The lowest BCUT2D eigenvalue weighted by molar-refractivity contribution is -0.385. The van der Waals surface area contributed by atoms with E-state index in [4.69, 9.17) is 23.2 Å². The van der Waals surface area contributed by atoms with Crippen molar-refractivity contribution in [1.29, 1.82) is 0 Å². The fourth-order valence-corrected chi connectivity index (χ4v) is 2.64. The summed E-state index contributed by atoms with van der Waals surface area (Å²) in [7, 11) is -10.1. The lowest BCUT2D eigenvalue weighted by atomic mass is 10.2. The Morgan fingerprint density at radius 3 is 2.00 bits per heavy atom. The average molecular weight is 332 g/mol. The minimum absolute atomic E-state index is 0.269. The van der Waals surface area contributed by atoms with Crippen molar-refractivity contribution < 1.29 is 24.4 Å². The summed E-state index contributed by atoms with van der Waals surface area (Å²) in [5.41, 5.74) is -2.25. The molecule has 0 N–H and O–H groups in total. The zero-order valence-electron chi connectivity index (χ0n) is 8.13. The first-order valence-electron chi connectivity index (χ1n) is 4.03. The molecule has 1 aromatic carbocycles. The number of alkyl halides is 2. The quantitative estimate of drug-likeness (QED) is 0.307. The van der Waals surface area contributed by atoms with Crippen molar-refractivity contribution in [1.82, 2.24) is 0 Å². The first-order valence-corrected chi connectivity index (χ1v) is 6.85. The van der Waals surface area contributed by atoms with Crippen molar-refractivity contribution >= 4 is 39.1 Å². The zero-order valence-corrected chi connectivity index (χ0v) is 10.5. The van der Waals surface area contributed by atoms with Gasteiger partial charge < -0.3 is 0 Å². The fourth-order valence-electron chi connectivity index (χ4n) is 1.15. The van der Waals surface area contributed by atoms with Gasteiger partial charge in [-0.25, -0.2) is 0 Å². The molecule has 0 unspecified atom stereocenters. The highest BCUT2D eigenvalue weighted by molar-refractivity contribution is 8.45. The average Bonchev–Trinajstić information content (AvgIpc) is 2.13. The van der Waals surface area contributed by atoms with E-state index in [1.54, 1.807) is 0 Å². The van der Waals surface area contributed by atoms with Crippen LogP contribution < -0.4 is 0 Å². The van der Waals surface area contributed by atoms with Crippen LogP contribution in [0.1, 0.15) is 10.4 Å². The second-order valence-electron chi connectivity index (χ2n) is 3.25. The van der Waals surface area contributed by atoms with E-state index in [1.807, 2.05) is 0 Å². The molecule has 0 bridgehead atoms. The number of halogens is 7. The molecule has 18 heavy (non-hydrogen) atoms. The van der Waals surface area contributed by atoms with Gasteiger partial charge in [0.1, 0.15) is 9.73 Å². The fraction of sp³-hybridized carbons (Fsp3) is 0.143. The van der Waals surface area contributed by atoms with E-state index in [0.29, 0.717) is 12.1 Å². The van der Waals surface area contributed by atoms with Gasteiger partial charge in [0.2, 0.25) is 0 Å². The van der Waals surface area contributed by atoms with Gasteiger partial charge in [-0.15, -0.1) is 23.2 Å². The SMILES string of the molecule is O=[N+]([O-])c1ccc(C(Cl)Cl)c(S(F)(F)(F)(F)F)c1. The van der Waals surface area contributed by atoms with E-state index in [2.05, 4.69) is 0 Å². The maximum Gasteiger partial charge on any atom is 0.311 e. The maximum atomic E-state index is 12.7. The Kier molecular flexibility index (Phi) is 3.06. The van der Waals surface area contributed by atoms with Crippen LogP contribution in [0.15, 0.2) is 23.1 Å². The van der Waals surface area contributed by atoms with Crippen LogP contribution in [0.4, 0.5) is 25.1 Å². The highest BCUT2D eigenvalue weighted by Crippen LogP contribution is 3.02. The smallest absolute Gasteiger partial charge is 0.258 e. The van der Waals surface area contributed by atoms with Crippen LogP contribution in [0.2, 0.25) is 0 Å². The second kappa shape index (κ2) is 3.61. The Balaban J connectivity index is 3.69. The summed E-state index contributed by atoms with van der Waals surface area (Å²) >= 11 is 10.3. The van der Waals surface area contributed by atoms with Gasteiger partial charge in [-0.3, -0.25) is 10.1 Å². The highest BCUT2D eigenvalue weighted by Gasteiger charge is 2.67. The number of nitrogens with zero attached hydrogens (tertiary/aromatic N) is 1. The Morgan fingerprint density at radius 2 is 1.67 bits per heavy atom. The third-order valence-corrected chi connectivity index (χ3v) is 3.51. The first kappa shape index (κ1) is 15.3. The van der Waals surface area contributed by atoms with Gasteiger partial charge in [0.05, 0.1) is 4.92 Å². The molecule has 11 heteroatoms. The monoisotopic (exact) mass is 331 g/mol. The molecule has 0 aliphatic carbocycles. The predicted octanol–water partition coefficient (Wildman–Crippen LogP) is 5.73. The van der Waals surface area contributed by atoms with Gasteiger partial charge in [-0.2, -0.15) is 0 Å². The number of benzene rings is 1. The number of rotatable bonds is 3. The molecule has 0 atom stereocenters.